The minimum absolute atomic E-state index is 0.457. The molecule has 0 aromatic carbocycles. The number of oxazole rings is 1. The van der Waals surface area contributed by atoms with E-state index in [-0.39, 0.29) is 0 Å². The fourth-order valence-corrected chi connectivity index (χ4v) is 1.89. The van der Waals surface area contributed by atoms with E-state index < -0.39 is 0 Å². The summed E-state index contributed by atoms with van der Waals surface area (Å²) in [7, 11) is 0. The lowest BCUT2D eigenvalue weighted by atomic mass is 10.4. The zero-order valence-corrected chi connectivity index (χ0v) is 7.86. The van der Waals surface area contributed by atoms with Gasteiger partial charge in [0.2, 0.25) is 5.82 Å². The van der Waals surface area contributed by atoms with Crippen LogP contribution in [0.5, 0.6) is 0 Å². The third-order valence-corrected chi connectivity index (χ3v) is 2.67. The van der Waals surface area contributed by atoms with Crippen LogP contribution in [0.25, 0.3) is 21.9 Å². The summed E-state index contributed by atoms with van der Waals surface area (Å²) in [5.74, 6) is 0.985. The van der Waals surface area contributed by atoms with Gasteiger partial charge in [0, 0.05) is 6.20 Å². The van der Waals surface area contributed by atoms with E-state index in [1.807, 2.05) is 11.4 Å². The van der Waals surface area contributed by atoms with Crippen LogP contribution in [0.2, 0.25) is 0 Å². The van der Waals surface area contributed by atoms with E-state index in [1.165, 1.54) is 6.26 Å². The van der Waals surface area contributed by atoms with Gasteiger partial charge in [-0.25, -0.2) is 15.0 Å². The first-order chi connectivity index (χ1) is 6.93. The van der Waals surface area contributed by atoms with Crippen LogP contribution in [0.1, 0.15) is 0 Å². The predicted molar refractivity (Wildman–Crippen MR) is 52.9 cm³/mol. The van der Waals surface area contributed by atoms with Crippen molar-refractivity contribution in [2.45, 2.75) is 0 Å². The molecule has 0 fully saturated rings. The monoisotopic (exact) mass is 203 g/mol. The van der Waals surface area contributed by atoms with Crippen LogP contribution in [-0.2, 0) is 0 Å². The number of nitrogens with zero attached hydrogens (tertiary/aromatic N) is 3. The van der Waals surface area contributed by atoms with Gasteiger partial charge in [-0.2, -0.15) is 0 Å². The Hall–Kier alpha value is -1.75. The van der Waals surface area contributed by atoms with Crippen LogP contribution in [0.3, 0.4) is 0 Å². The second-order valence-electron chi connectivity index (χ2n) is 2.70. The topological polar surface area (TPSA) is 51.8 Å². The molecule has 0 aliphatic carbocycles. The molecule has 0 N–H and O–H groups in total. The van der Waals surface area contributed by atoms with Crippen molar-refractivity contribution in [2.75, 3.05) is 0 Å². The molecule has 14 heavy (non-hydrogen) atoms. The lowest BCUT2D eigenvalue weighted by Crippen LogP contribution is -1.87. The molecule has 4 nitrogen and oxygen atoms in total. The summed E-state index contributed by atoms with van der Waals surface area (Å²) in [4.78, 5) is 12.5. The van der Waals surface area contributed by atoms with Crippen LogP contribution >= 0.6 is 11.3 Å². The van der Waals surface area contributed by atoms with E-state index in [1.54, 1.807) is 23.7 Å². The van der Waals surface area contributed by atoms with Crippen molar-refractivity contribution in [1.29, 1.82) is 0 Å². The Labute approximate surface area is 83.3 Å². The van der Waals surface area contributed by atoms with Crippen LogP contribution < -0.4 is 0 Å². The van der Waals surface area contributed by atoms with E-state index in [0.29, 0.717) is 11.7 Å². The average molecular weight is 203 g/mol. The lowest BCUT2D eigenvalue weighted by Gasteiger charge is -1.92. The highest BCUT2D eigenvalue weighted by molar-refractivity contribution is 7.17. The van der Waals surface area contributed by atoms with Gasteiger partial charge in [-0.15, -0.1) is 11.3 Å². The van der Waals surface area contributed by atoms with Crippen LogP contribution in [-0.4, -0.2) is 15.0 Å². The first-order valence-electron chi connectivity index (χ1n) is 4.03. The zero-order chi connectivity index (χ0) is 9.38. The number of rotatable bonds is 1. The summed E-state index contributed by atoms with van der Waals surface area (Å²) in [5, 5.41) is 1.98. The summed E-state index contributed by atoms with van der Waals surface area (Å²) in [6.45, 7) is 0. The van der Waals surface area contributed by atoms with Crippen molar-refractivity contribution in [3.8, 4) is 11.7 Å². The Kier molecular flexibility index (Phi) is 1.57. The standard InChI is InChI=1S/C9H5N3OS/c1-4-14-7-5-11-8(12-6(1)7)9-10-2-3-13-9/h1-5H. The summed E-state index contributed by atoms with van der Waals surface area (Å²) >= 11 is 1.62. The Morgan fingerprint density at radius 2 is 2.29 bits per heavy atom. The predicted octanol–water partition coefficient (Wildman–Crippen LogP) is 2.35. The van der Waals surface area contributed by atoms with Gasteiger partial charge < -0.3 is 4.42 Å². The average Bonchev–Trinajstić information content (AvgIpc) is 2.88. The van der Waals surface area contributed by atoms with E-state index in [2.05, 4.69) is 15.0 Å². The van der Waals surface area contributed by atoms with Crippen molar-refractivity contribution in [3.05, 3.63) is 30.1 Å². The van der Waals surface area contributed by atoms with Gasteiger partial charge in [-0.1, -0.05) is 0 Å². The molecule has 3 aromatic heterocycles. The summed E-state index contributed by atoms with van der Waals surface area (Å²) < 4.78 is 6.18. The third-order valence-electron chi connectivity index (χ3n) is 1.83. The fraction of sp³-hybridized carbons (Fsp3) is 0. The van der Waals surface area contributed by atoms with Crippen LogP contribution in [0.4, 0.5) is 0 Å². The fourth-order valence-electron chi connectivity index (χ4n) is 1.20. The molecule has 0 aliphatic heterocycles. The molecule has 3 aromatic rings. The molecule has 0 saturated carbocycles. The van der Waals surface area contributed by atoms with Crippen molar-refractivity contribution in [3.63, 3.8) is 0 Å². The van der Waals surface area contributed by atoms with Crippen molar-refractivity contribution in [2.24, 2.45) is 0 Å². The summed E-state index contributed by atoms with van der Waals surface area (Å²) in [6.07, 6.45) is 4.87. The Bertz CT molecular complexity index is 558. The molecular weight excluding hydrogens is 198 g/mol. The molecule has 0 unspecified atom stereocenters. The van der Waals surface area contributed by atoms with Crippen LogP contribution in [0, 0.1) is 0 Å². The minimum atomic E-state index is 0.457. The van der Waals surface area contributed by atoms with Gasteiger partial charge in [0.25, 0.3) is 5.89 Å². The first kappa shape index (κ1) is 7.64. The van der Waals surface area contributed by atoms with Crippen molar-refractivity contribution in [1.82, 2.24) is 15.0 Å². The third kappa shape index (κ3) is 1.10. The molecule has 5 heteroatoms. The van der Waals surface area contributed by atoms with E-state index in [9.17, 15) is 0 Å². The van der Waals surface area contributed by atoms with Crippen molar-refractivity contribution >= 4 is 21.6 Å². The molecule has 0 spiro atoms. The molecule has 68 valence electrons. The SMILES string of the molecule is c1coc(-c2ncc3sccc3n2)n1. The number of fused-ring (bicyclic) bond motifs is 1. The Morgan fingerprint density at radius 3 is 3.14 bits per heavy atom. The second kappa shape index (κ2) is 2.88. The van der Waals surface area contributed by atoms with Gasteiger partial charge in [-0.3, -0.25) is 0 Å². The van der Waals surface area contributed by atoms with Crippen LogP contribution in [0.15, 0.2) is 34.5 Å². The largest absolute Gasteiger partial charge is 0.442 e. The summed E-state index contributed by atoms with van der Waals surface area (Å²) in [5.41, 5.74) is 0.929. The maximum Gasteiger partial charge on any atom is 0.264 e. The Morgan fingerprint density at radius 1 is 1.29 bits per heavy atom. The van der Waals surface area contributed by atoms with E-state index in [0.717, 1.165) is 10.2 Å². The molecule has 0 aliphatic rings. The minimum Gasteiger partial charge on any atom is -0.442 e. The molecule has 0 atom stereocenters. The number of hydrogen-bond acceptors (Lipinski definition) is 5. The number of thiophene rings is 1. The molecule has 3 rings (SSSR count). The van der Waals surface area contributed by atoms with Gasteiger partial charge in [0.05, 0.1) is 16.4 Å². The maximum atomic E-state index is 5.11. The number of aromatic nitrogens is 3. The molecule has 0 bridgehead atoms. The summed E-state index contributed by atoms with van der Waals surface area (Å²) in [6, 6.07) is 1.95. The molecule has 3 heterocycles. The first-order valence-corrected chi connectivity index (χ1v) is 4.91. The molecule has 0 saturated heterocycles. The molecule has 0 amide bonds. The molecular formula is C9H5N3OS. The maximum absolute atomic E-state index is 5.11. The van der Waals surface area contributed by atoms with Gasteiger partial charge >= 0.3 is 0 Å². The highest BCUT2D eigenvalue weighted by Gasteiger charge is 2.06. The van der Waals surface area contributed by atoms with Gasteiger partial charge in [-0.05, 0) is 11.4 Å². The second-order valence-corrected chi connectivity index (χ2v) is 3.65. The smallest absolute Gasteiger partial charge is 0.264 e. The van der Waals surface area contributed by atoms with Gasteiger partial charge in [0.1, 0.15) is 6.26 Å². The molecule has 0 radical (unpaired) electrons. The quantitative estimate of drug-likeness (QED) is 0.609. The van der Waals surface area contributed by atoms with Gasteiger partial charge in [0.15, 0.2) is 0 Å². The highest BCUT2D eigenvalue weighted by atomic mass is 32.1. The normalized spacial score (nSPS) is 10.9. The van der Waals surface area contributed by atoms with E-state index >= 15 is 0 Å². The van der Waals surface area contributed by atoms with Crippen molar-refractivity contribution < 1.29 is 4.42 Å². The van der Waals surface area contributed by atoms with E-state index in [4.69, 9.17) is 4.42 Å². The number of hydrogen-bond donors (Lipinski definition) is 0. The highest BCUT2D eigenvalue weighted by Crippen LogP contribution is 2.20. The lowest BCUT2D eigenvalue weighted by molar-refractivity contribution is 0.569. The Balaban J connectivity index is 2.23. The zero-order valence-electron chi connectivity index (χ0n) is 7.04.